The summed E-state index contributed by atoms with van der Waals surface area (Å²) in [6.07, 6.45) is 5.25. The maximum Gasteiger partial charge on any atom is 0.316 e. The van der Waals surface area contributed by atoms with E-state index >= 15 is 0 Å². The fourth-order valence-corrected chi connectivity index (χ4v) is 1.79. The van der Waals surface area contributed by atoms with E-state index in [1.54, 1.807) is 18.4 Å². The minimum Gasteiger partial charge on any atom is -0.481 e. The first-order chi connectivity index (χ1) is 6.09. The third-order valence-corrected chi connectivity index (χ3v) is 2.93. The Morgan fingerprint density at radius 3 is 2.92 bits per heavy atom. The zero-order valence-electron chi connectivity index (χ0n) is 7.27. The van der Waals surface area contributed by atoms with E-state index in [9.17, 15) is 9.00 Å². The van der Waals surface area contributed by atoms with Gasteiger partial charge in [0.05, 0.1) is 10.8 Å². The van der Waals surface area contributed by atoms with Crippen molar-refractivity contribution in [3.8, 4) is 0 Å². The van der Waals surface area contributed by atoms with Crippen LogP contribution in [0.5, 0.6) is 0 Å². The van der Waals surface area contributed by atoms with Gasteiger partial charge in [0.2, 0.25) is 0 Å². The first kappa shape index (κ1) is 9.98. The average molecular weight is 201 g/mol. The summed E-state index contributed by atoms with van der Waals surface area (Å²) in [7, 11) is 0.489. The molecule has 0 spiro atoms. The second-order valence-electron chi connectivity index (χ2n) is 2.75. The number of hydrogen-bond acceptors (Lipinski definition) is 3. The zero-order valence-corrected chi connectivity index (χ0v) is 8.08. The maximum atomic E-state index is 11.3. The van der Waals surface area contributed by atoms with Crippen LogP contribution in [0.3, 0.4) is 0 Å². The van der Waals surface area contributed by atoms with Crippen LogP contribution in [-0.4, -0.2) is 39.5 Å². The number of hydrogen-bond donors (Lipinski definition) is 1. The average Bonchev–Trinajstić information content (AvgIpc) is 2.04. The van der Waals surface area contributed by atoms with Crippen LogP contribution in [0, 0.1) is 0 Å². The Labute approximate surface area is 79.0 Å². The van der Waals surface area contributed by atoms with Crippen LogP contribution in [0.15, 0.2) is 23.3 Å². The molecule has 1 N–H and O–H groups in total. The lowest BCUT2D eigenvalue weighted by Crippen LogP contribution is -2.17. The zero-order chi connectivity index (χ0) is 9.84. The Bertz CT molecular complexity index is 296. The number of likely N-dealkylation sites (N-methyl/N-ethyl adjacent to an activating group) is 1. The molecule has 1 unspecified atom stereocenters. The van der Waals surface area contributed by atoms with E-state index in [0.29, 0.717) is 11.4 Å². The van der Waals surface area contributed by atoms with Crippen LogP contribution < -0.4 is 0 Å². The predicted octanol–water partition coefficient (Wildman–Crippen LogP) is 0.163. The standard InChI is InChI=1S/C8H11NO3S/c1-9-4-2-7(3-5-9)13(12)6-8(10)11/h2-4H,5-6H2,1H3,(H,10,11). The molecule has 0 radical (unpaired) electrons. The number of rotatable bonds is 3. The van der Waals surface area contributed by atoms with Gasteiger partial charge in [0, 0.05) is 24.7 Å². The molecule has 1 atom stereocenters. The van der Waals surface area contributed by atoms with Gasteiger partial charge in [-0.05, 0) is 12.2 Å². The Morgan fingerprint density at radius 1 is 1.77 bits per heavy atom. The molecule has 0 fully saturated rings. The largest absolute Gasteiger partial charge is 0.481 e. The van der Waals surface area contributed by atoms with Crippen LogP contribution >= 0.6 is 0 Å². The molecule has 1 aliphatic rings. The number of carbonyl (C=O) groups is 1. The Balaban J connectivity index is 2.59. The monoisotopic (exact) mass is 201 g/mol. The van der Waals surface area contributed by atoms with Gasteiger partial charge < -0.3 is 10.0 Å². The van der Waals surface area contributed by atoms with E-state index in [0.717, 1.165) is 0 Å². The molecule has 0 bridgehead atoms. The molecule has 1 rings (SSSR count). The predicted molar refractivity (Wildman–Crippen MR) is 50.5 cm³/mol. The summed E-state index contributed by atoms with van der Waals surface area (Å²) in [5.74, 6) is -1.36. The minimum absolute atomic E-state index is 0.320. The van der Waals surface area contributed by atoms with Gasteiger partial charge in [-0.2, -0.15) is 0 Å². The first-order valence-corrected chi connectivity index (χ1v) is 5.10. The summed E-state index contributed by atoms with van der Waals surface area (Å²) in [5.41, 5.74) is 0. The highest BCUT2D eigenvalue weighted by atomic mass is 32.2. The van der Waals surface area contributed by atoms with Crippen molar-refractivity contribution >= 4 is 16.8 Å². The van der Waals surface area contributed by atoms with Crippen molar-refractivity contribution in [1.82, 2.24) is 4.90 Å². The minimum atomic E-state index is -1.40. The van der Waals surface area contributed by atoms with Gasteiger partial charge in [0.1, 0.15) is 5.75 Å². The van der Waals surface area contributed by atoms with Gasteiger partial charge in [-0.15, -0.1) is 0 Å². The third-order valence-electron chi connectivity index (χ3n) is 1.59. The van der Waals surface area contributed by atoms with Gasteiger partial charge in [0.15, 0.2) is 0 Å². The van der Waals surface area contributed by atoms with Crippen molar-refractivity contribution in [2.75, 3.05) is 19.3 Å². The summed E-state index contributed by atoms with van der Waals surface area (Å²) in [4.78, 5) is 12.8. The van der Waals surface area contributed by atoms with Gasteiger partial charge in [0.25, 0.3) is 0 Å². The lowest BCUT2D eigenvalue weighted by molar-refractivity contribution is -0.133. The van der Waals surface area contributed by atoms with Gasteiger partial charge >= 0.3 is 5.97 Å². The van der Waals surface area contributed by atoms with E-state index in [-0.39, 0.29) is 5.75 Å². The molecule has 4 nitrogen and oxygen atoms in total. The molecule has 0 saturated heterocycles. The van der Waals surface area contributed by atoms with Crippen LogP contribution in [0.4, 0.5) is 0 Å². The molecule has 0 aromatic carbocycles. The highest BCUT2D eigenvalue weighted by Crippen LogP contribution is 2.09. The molecule has 0 aromatic heterocycles. The summed E-state index contributed by atoms with van der Waals surface area (Å²) < 4.78 is 11.3. The van der Waals surface area contributed by atoms with Gasteiger partial charge in [-0.3, -0.25) is 9.00 Å². The summed E-state index contributed by atoms with van der Waals surface area (Å²) in [6.45, 7) is 0.678. The van der Waals surface area contributed by atoms with Crippen molar-refractivity contribution in [1.29, 1.82) is 0 Å². The Kier molecular flexibility index (Phi) is 3.25. The fourth-order valence-electron chi connectivity index (χ4n) is 0.928. The number of allylic oxidation sites excluding steroid dienone is 1. The third kappa shape index (κ3) is 3.02. The summed E-state index contributed by atoms with van der Waals surface area (Å²) in [6, 6.07) is 0. The number of carboxylic acids is 1. The first-order valence-electron chi connectivity index (χ1n) is 3.78. The van der Waals surface area contributed by atoms with Crippen LogP contribution in [0.2, 0.25) is 0 Å². The molecular weight excluding hydrogens is 190 g/mol. The smallest absolute Gasteiger partial charge is 0.316 e. The molecular formula is C8H11NO3S. The number of aliphatic carboxylic acids is 1. The Hall–Kier alpha value is -1.10. The number of carboxylic acid groups (broad SMARTS) is 1. The lowest BCUT2D eigenvalue weighted by atomic mass is 10.4. The van der Waals surface area contributed by atoms with Crippen molar-refractivity contribution < 1.29 is 14.1 Å². The van der Waals surface area contributed by atoms with Gasteiger partial charge in [-0.1, -0.05) is 0 Å². The van der Waals surface area contributed by atoms with Crippen LogP contribution in [0.25, 0.3) is 0 Å². The lowest BCUT2D eigenvalue weighted by Gasteiger charge is -2.16. The second-order valence-corrected chi connectivity index (χ2v) is 4.20. The highest BCUT2D eigenvalue weighted by molar-refractivity contribution is 7.89. The van der Waals surface area contributed by atoms with Crippen molar-refractivity contribution in [2.45, 2.75) is 0 Å². The normalized spacial score (nSPS) is 18.2. The van der Waals surface area contributed by atoms with E-state index < -0.39 is 16.8 Å². The van der Waals surface area contributed by atoms with Gasteiger partial charge in [-0.25, -0.2) is 0 Å². The molecule has 5 heteroatoms. The van der Waals surface area contributed by atoms with Crippen LogP contribution in [-0.2, 0) is 15.6 Å². The molecule has 1 aliphatic heterocycles. The summed E-state index contributed by atoms with van der Waals surface area (Å²) >= 11 is 0. The topological polar surface area (TPSA) is 57.6 Å². The van der Waals surface area contributed by atoms with Crippen molar-refractivity contribution in [3.63, 3.8) is 0 Å². The van der Waals surface area contributed by atoms with E-state index in [1.165, 1.54) is 0 Å². The van der Waals surface area contributed by atoms with E-state index in [1.807, 2.05) is 11.9 Å². The molecule has 72 valence electrons. The van der Waals surface area contributed by atoms with E-state index in [4.69, 9.17) is 5.11 Å². The Morgan fingerprint density at radius 2 is 2.46 bits per heavy atom. The van der Waals surface area contributed by atoms with Crippen LogP contribution in [0.1, 0.15) is 0 Å². The summed E-state index contributed by atoms with van der Waals surface area (Å²) in [5, 5.41) is 8.41. The SMILES string of the molecule is CN1C=CC(S(=O)CC(=O)O)=CC1. The fraction of sp³-hybridized carbons (Fsp3) is 0.375. The highest BCUT2D eigenvalue weighted by Gasteiger charge is 2.11. The second kappa shape index (κ2) is 4.23. The molecule has 0 amide bonds. The maximum absolute atomic E-state index is 11.3. The van der Waals surface area contributed by atoms with Crippen molar-refractivity contribution in [3.05, 3.63) is 23.3 Å². The van der Waals surface area contributed by atoms with Crippen molar-refractivity contribution in [2.24, 2.45) is 0 Å². The molecule has 0 aliphatic carbocycles. The molecule has 0 saturated carbocycles. The molecule has 13 heavy (non-hydrogen) atoms. The quantitative estimate of drug-likeness (QED) is 0.706. The molecule has 1 heterocycles. The van der Waals surface area contributed by atoms with E-state index in [2.05, 4.69) is 0 Å². The molecule has 0 aromatic rings. The number of nitrogens with zero attached hydrogens (tertiary/aromatic N) is 1.